The van der Waals surface area contributed by atoms with Crippen LogP contribution in [0.15, 0.2) is 59.5 Å². The number of hydrogen-bond donors (Lipinski definition) is 0. The highest BCUT2D eigenvalue weighted by atomic mass is 35.5. The predicted molar refractivity (Wildman–Crippen MR) is 111 cm³/mol. The molecule has 2 aromatic rings. The first-order valence-electron chi connectivity index (χ1n) is 9.26. The van der Waals surface area contributed by atoms with E-state index in [-0.39, 0.29) is 22.4 Å². The van der Waals surface area contributed by atoms with Gasteiger partial charge in [0.15, 0.2) is 0 Å². The second-order valence-electron chi connectivity index (χ2n) is 6.59. The Balaban J connectivity index is 1.90. The molecule has 1 saturated heterocycles. The summed E-state index contributed by atoms with van der Waals surface area (Å²) in [7, 11) is -3.93. The van der Waals surface area contributed by atoms with Crippen LogP contribution < -0.4 is 4.31 Å². The van der Waals surface area contributed by atoms with Crippen molar-refractivity contribution in [3.8, 4) is 0 Å². The molecular formula is C20H24ClN3O3S. The summed E-state index contributed by atoms with van der Waals surface area (Å²) < 4.78 is 27.7. The molecule has 0 unspecified atom stereocenters. The van der Waals surface area contributed by atoms with Crippen LogP contribution in [0.5, 0.6) is 0 Å². The van der Waals surface area contributed by atoms with Gasteiger partial charge in [-0.25, -0.2) is 8.42 Å². The van der Waals surface area contributed by atoms with E-state index in [1.54, 1.807) is 47.4 Å². The van der Waals surface area contributed by atoms with Crippen LogP contribution >= 0.6 is 11.6 Å². The molecule has 28 heavy (non-hydrogen) atoms. The van der Waals surface area contributed by atoms with E-state index in [1.807, 2.05) is 0 Å². The molecule has 0 aromatic heterocycles. The van der Waals surface area contributed by atoms with Crippen LogP contribution in [-0.2, 0) is 14.8 Å². The summed E-state index contributed by atoms with van der Waals surface area (Å²) in [6, 6.07) is 14.8. The number of rotatable bonds is 6. The first-order chi connectivity index (χ1) is 13.4. The number of halogens is 1. The number of carbonyl (C=O) groups excluding carboxylic acids is 1. The first-order valence-corrected chi connectivity index (χ1v) is 11.1. The average molecular weight is 422 g/mol. The number of benzene rings is 2. The molecule has 1 fully saturated rings. The highest BCUT2D eigenvalue weighted by Crippen LogP contribution is 2.30. The Morgan fingerprint density at radius 3 is 2.21 bits per heavy atom. The molecule has 1 aliphatic rings. The van der Waals surface area contributed by atoms with Gasteiger partial charge in [0.05, 0.1) is 15.6 Å². The van der Waals surface area contributed by atoms with Crippen molar-refractivity contribution < 1.29 is 13.2 Å². The molecule has 0 aliphatic carbocycles. The average Bonchev–Trinajstić information content (AvgIpc) is 2.73. The lowest BCUT2D eigenvalue weighted by Crippen LogP contribution is -2.51. The van der Waals surface area contributed by atoms with Gasteiger partial charge >= 0.3 is 0 Å². The van der Waals surface area contributed by atoms with Crippen LogP contribution in [0.1, 0.15) is 6.92 Å². The van der Waals surface area contributed by atoms with E-state index in [0.717, 1.165) is 23.9 Å². The quantitative estimate of drug-likeness (QED) is 0.719. The van der Waals surface area contributed by atoms with Gasteiger partial charge in [-0.1, -0.05) is 48.9 Å². The van der Waals surface area contributed by atoms with Crippen LogP contribution in [0.25, 0.3) is 0 Å². The molecule has 0 atom stereocenters. The summed E-state index contributed by atoms with van der Waals surface area (Å²) in [5, 5.41) is 0.283. The van der Waals surface area contributed by atoms with Crippen LogP contribution in [0.2, 0.25) is 5.02 Å². The Morgan fingerprint density at radius 2 is 1.61 bits per heavy atom. The summed E-state index contributed by atoms with van der Waals surface area (Å²) in [6.07, 6.45) is 0. The molecule has 0 N–H and O–H groups in total. The molecule has 1 aliphatic heterocycles. The van der Waals surface area contributed by atoms with E-state index in [0.29, 0.717) is 18.8 Å². The first kappa shape index (κ1) is 20.6. The fraction of sp³-hybridized carbons (Fsp3) is 0.350. The lowest BCUT2D eigenvalue weighted by atomic mass is 10.3. The monoisotopic (exact) mass is 421 g/mol. The Labute approximate surface area is 171 Å². The van der Waals surface area contributed by atoms with Gasteiger partial charge in [-0.3, -0.25) is 9.10 Å². The number of piperazine rings is 1. The van der Waals surface area contributed by atoms with Crippen LogP contribution in [-0.4, -0.2) is 63.4 Å². The maximum atomic E-state index is 13.3. The topological polar surface area (TPSA) is 60.9 Å². The second-order valence-corrected chi connectivity index (χ2v) is 8.86. The Morgan fingerprint density at radius 1 is 1.00 bits per heavy atom. The van der Waals surface area contributed by atoms with Crippen LogP contribution in [0.4, 0.5) is 5.69 Å². The predicted octanol–water partition coefficient (Wildman–Crippen LogP) is 2.70. The summed E-state index contributed by atoms with van der Waals surface area (Å²) in [5.74, 6) is -0.227. The number of carbonyl (C=O) groups is 1. The van der Waals surface area contributed by atoms with Gasteiger partial charge in [0.2, 0.25) is 5.91 Å². The summed E-state index contributed by atoms with van der Waals surface area (Å²) in [4.78, 5) is 17.0. The molecule has 3 rings (SSSR count). The van der Waals surface area contributed by atoms with E-state index >= 15 is 0 Å². The third-order valence-electron chi connectivity index (χ3n) is 4.90. The van der Waals surface area contributed by atoms with Gasteiger partial charge in [-0.2, -0.15) is 0 Å². The van der Waals surface area contributed by atoms with Gasteiger partial charge in [0.1, 0.15) is 6.54 Å². The van der Waals surface area contributed by atoms with Gasteiger partial charge in [-0.05, 0) is 30.8 Å². The minimum Gasteiger partial charge on any atom is -0.339 e. The van der Waals surface area contributed by atoms with Crippen molar-refractivity contribution in [2.24, 2.45) is 0 Å². The molecule has 0 bridgehead atoms. The molecule has 0 spiro atoms. The van der Waals surface area contributed by atoms with Crippen molar-refractivity contribution in [2.45, 2.75) is 11.8 Å². The van der Waals surface area contributed by atoms with E-state index in [9.17, 15) is 13.2 Å². The summed E-state index contributed by atoms with van der Waals surface area (Å²) in [6.45, 7) is 5.51. The number of amides is 1. The summed E-state index contributed by atoms with van der Waals surface area (Å²) >= 11 is 6.28. The third kappa shape index (κ3) is 4.48. The molecule has 2 aromatic carbocycles. The maximum Gasteiger partial charge on any atom is 0.264 e. The zero-order valence-corrected chi connectivity index (χ0v) is 17.4. The standard InChI is InChI=1S/C20H24ClN3O3S/c1-2-22-12-14-23(15-13-22)20(25)16-24(19-11-7-6-10-18(19)21)28(26,27)17-8-4-3-5-9-17/h3-11H,2,12-16H2,1H3. The highest BCUT2D eigenvalue weighted by Gasteiger charge is 2.31. The molecule has 1 amide bonds. The molecule has 1 heterocycles. The molecule has 0 saturated carbocycles. The number of hydrogen-bond acceptors (Lipinski definition) is 4. The number of nitrogens with zero attached hydrogens (tertiary/aromatic N) is 3. The molecular weight excluding hydrogens is 398 g/mol. The second kappa shape index (κ2) is 8.94. The third-order valence-corrected chi connectivity index (χ3v) is 7.00. The fourth-order valence-corrected chi connectivity index (χ4v) is 4.95. The van der Waals surface area contributed by atoms with Gasteiger partial charge in [-0.15, -0.1) is 0 Å². The van der Waals surface area contributed by atoms with E-state index in [2.05, 4.69) is 11.8 Å². The zero-order valence-electron chi connectivity index (χ0n) is 15.8. The zero-order chi connectivity index (χ0) is 20.1. The lowest BCUT2D eigenvalue weighted by molar-refractivity contribution is -0.131. The van der Waals surface area contributed by atoms with Crippen LogP contribution in [0.3, 0.4) is 0 Å². The SMILES string of the molecule is CCN1CCN(C(=O)CN(c2ccccc2Cl)S(=O)(=O)c2ccccc2)CC1. The van der Waals surface area contributed by atoms with Gasteiger partial charge in [0, 0.05) is 26.2 Å². The minimum atomic E-state index is -3.93. The Bertz CT molecular complexity index is 913. The van der Waals surface area contributed by atoms with Crippen molar-refractivity contribution in [3.63, 3.8) is 0 Å². The van der Waals surface area contributed by atoms with Gasteiger partial charge in [0.25, 0.3) is 10.0 Å². The molecule has 6 nitrogen and oxygen atoms in total. The van der Waals surface area contributed by atoms with E-state index < -0.39 is 10.0 Å². The van der Waals surface area contributed by atoms with Crippen molar-refractivity contribution in [2.75, 3.05) is 43.6 Å². The normalized spacial score (nSPS) is 15.4. The van der Waals surface area contributed by atoms with Crippen molar-refractivity contribution in [1.29, 1.82) is 0 Å². The number of para-hydroxylation sites is 1. The number of sulfonamides is 1. The van der Waals surface area contributed by atoms with E-state index in [4.69, 9.17) is 11.6 Å². The van der Waals surface area contributed by atoms with Gasteiger partial charge < -0.3 is 9.80 Å². The largest absolute Gasteiger partial charge is 0.339 e. The maximum absolute atomic E-state index is 13.3. The van der Waals surface area contributed by atoms with Crippen molar-refractivity contribution in [3.05, 3.63) is 59.6 Å². The Hall–Kier alpha value is -2.09. The van der Waals surface area contributed by atoms with E-state index in [1.165, 1.54) is 12.1 Å². The molecule has 150 valence electrons. The summed E-state index contributed by atoms with van der Waals surface area (Å²) in [5.41, 5.74) is 0.300. The minimum absolute atomic E-state index is 0.124. The Kier molecular flexibility index (Phi) is 6.59. The van der Waals surface area contributed by atoms with Crippen molar-refractivity contribution >= 4 is 33.2 Å². The molecule has 0 radical (unpaired) electrons. The lowest BCUT2D eigenvalue weighted by Gasteiger charge is -2.35. The smallest absolute Gasteiger partial charge is 0.264 e. The fourth-order valence-electron chi connectivity index (χ4n) is 3.21. The van der Waals surface area contributed by atoms with Crippen molar-refractivity contribution in [1.82, 2.24) is 9.80 Å². The van der Waals surface area contributed by atoms with Crippen LogP contribution in [0, 0.1) is 0 Å². The highest BCUT2D eigenvalue weighted by molar-refractivity contribution is 7.92. The molecule has 8 heteroatoms. The number of likely N-dealkylation sites (N-methyl/N-ethyl adjacent to an activating group) is 1. The number of anilines is 1.